The van der Waals surface area contributed by atoms with Gasteiger partial charge in [-0.25, -0.2) is 0 Å². The molecule has 4 rings (SSSR count). The van der Waals surface area contributed by atoms with Gasteiger partial charge in [0.2, 0.25) is 0 Å². The number of rotatable bonds is 12. The van der Waals surface area contributed by atoms with E-state index in [9.17, 15) is 19.5 Å². The molecular formula is C35H32O8. The van der Waals surface area contributed by atoms with Gasteiger partial charge in [0, 0.05) is 0 Å². The number of allylic oxidation sites excluding steroid dienone is 2. The molecule has 0 saturated carbocycles. The van der Waals surface area contributed by atoms with Gasteiger partial charge >= 0.3 is 5.97 Å². The fourth-order valence-electron chi connectivity index (χ4n) is 4.31. The number of hydrogen-bond donors (Lipinski definition) is 1. The Kier molecular flexibility index (Phi) is 9.96. The predicted octanol–water partition coefficient (Wildman–Crippen LogP) is 6.54. The third kappa shape index (κ3) is 7.89. The van der Waals surface area contributed by atoms with E-state index in [1.807, 2.05) is 36.4 Å². The van der Waals surface area contributed by atoms with Crippen molar-refractivity contribution in [3.8, 4) is 28.7 Å². The zero-order valence-electron chi connectivity index (χ0n) is 24.3. The lowest BCUT2D eigenvalue weighted by Crippen LogP contribution is -2.16. The minimum Gasteiger partial charge on any atom is -0.504 e. The van der Waals surface area contributed by atoms with Crippen molar-refractivity contribution in [3.63, 3.8) is 0 Å². The summed E-state index contributed by atoms with van der Waals surface area (Å²) in [6.07, 6.45) is 5.41. The quantitative estimate of drug-likeness (QED) is 0.0872. The predicted molar refractivity (Wildman–Crippen MR) is 165 cm³/mol. The van der Waals surface area contributed by atoms with Crippen LogP contribution in [-0.4, -0.2) is 44.0 Å². The Morgan fingerprint density at radius 3 is 1.95 bits per heavy atom. The van der Waals surface area contributed by atoms with E-state index in [-0.39, 0.29) is 35.2 Å². The Balaban J connectivity index is 1.37. The van der Waals surface area contributed by atoms with Crippen LogP contribution in [-0.2, 0) is 14.4 Å². The minimum atomic E-state index is -0.531. The Morgan fingerprint density at radius 2 is 1.30 bits per heavy atom. The van der Waals surface area contributed by atoms with Crippen LogP contribution < -0.4 is 18.9 Å². The van der Waals surface area contributed by atoms with Crippen LogP contribution in [0.5, 0.6) is 28.7 Å². The molecule has 4 aromatic rings. The van der Waals surface area contributed by atoms with Crippen LogP contribution in [0, 0.1) is 0 Å². The van der Waals surface area contributed by atoms with Crippen molar-refractivity contribution in [2.45, 2.75) is 19.3 Å². The average molecular weight is 581 g/mol. The standard InChI is InChI=1S/C35H32O8/c1-22(25-9-10-27-20-30(40-2)14-11-26(27)19-25)35(39)43-32-16-8-24(18-34(32)42-4)6-13-29(37)21-28(36)12-5-23-7-15-31(38)33(17-23)41-3/h5-20,22,38H,21H2,1-4H3/b12-5+,13-6+/t22-/m1/s1. The first-order chi connectivity index (χ1) is 20.7. The molecule has 1 atom stereocenters. The second-order valence-corrected chi connectivity index (χ2v) is 9.73. The summed E-state index contributed by atoms with van der Waals surface area (Å²) in [5.41, 5.74) is 2.08. The normalized spacial score (nSPS) is 11.9. The maximum Gasteiger partial charge on any atom is 0.318 e. The van der Waals surface area contributed by atoms with Gasteiger partial charge in [-0.15, -0.1) is 0 Å². The Morgan fingerprint density at radius 1 is 0.698 bits per heavy atom. The number of fused-ring (bicyclic) bond motifs is 1. The first-order valence-electron chi connectivity index (χ1n) is 13.5. The van der Waals surface area contributed by atoms with E-state index >= 15 is 0 Å². The zero-order chi connectivity index (χ0) is 30.9. The Bertz CT molecular complexity index is 1720. The fraction of sp³-hybridized carbons (Fsp3) is 0.171. The first-order valence-corrected chi connectivity index (χ1v) is 13.5. The molecule has 1 N–H and O–H groups in total. The van der Waals surface area contributed by atoms with Crippen LogP contribution in [0.25, 0.3) is 22.9 Å². The summed E-state index contributed by atoms with van der Waals surface area (Å²) in [6.45, 7) is 1.78. The highest BCUT2D eigenvalue weighted by atomic mass is 16.6. The number of ketones is 2. The molecule has 0 aromatic heterocycles. The van der Waals surface area contributed by atoms with Crippen molar-refractivity contribution >= 4 is 40.5 Å². The molecule has 8 heteroatoms. The summed E-state index contributed by atoms with van der Waals surface area (Å²) in [7, 11) is 4.51. The van der Waals surface area contributed by atoms with E-state index in [4.69, 9.17) is 18.9 Å². The van der Waals surface area contributed by atoms with Gasteiger partial charge in [0.25, 0.3) is 0 Å². The average Bonchev–Trinajstić information content (AvgIpc) is 3.02. The van der Waals surface area contributed by atoms with E-state index in [1.54, 1.807) is 56.5 Å². The molecule has 0 saturated heterocycles. The second kappa shape index (κ2) is 14.0. The number of phenols is 1. The van der Waals surface area contributed by atoms with Gasteiger partial charge in [0.05, 0.1) is 33.7 Å². The molecule has 220 valence electrons. The van der Waals surface area contributed by atoms with Crippen molar-refractivity contribution in [3.05, 3.63) is 102 Å². The third-order valence-corrected chi connectivity index (χ3v) is 6.80. The maximum atomic E-state index is 13.0. The number of aromatic hydroxyl groups is 1. The summed E-state index contributed by atoms with van der Waals surface area (Å²) in [4.78, 5) is 37.6. The molecule has 0 amide bonds. The van der Waals surface area contributed by atoms with Crippen molar-refractivity contribution in [2.24, 2.45) is 0 Å². The SMILES string of the molecule is COc1ccc2cc([C@@H](C)C(=O)Oc3ccc(/C=C/C(=O)CC(=O)/C=C/c4ccc(O)c(OC)c4)cc3OC)ccc2c1. The smallest absolute Gasteiger partial charge is 0.318 e. The molecule has 0 fully saturated rings. The van der Waals surface area contributed by atoms with E-state index < -0.39 is 11.9 Å². The van der Waals surface area contributed by atoms with Crippen LogP contribution in [0.4, 0.5) is 0 Å². The van der Waals surface area contributed by atoms with Crippen molar-refractivity contribution in [1.29, 1.82) is 0 Å². The highest BCUT2D eigenvalue weighted by molar-refractivity contribution is 6.10. The number of benzene rings is 4. The van der Waals surface area contributed by atoms with Gasteiger partial charge < -0.3 is 24.1 Å². The van der Waals surface area contributed by atoms with Crippen molar-refractivity contribution < 1.29 is 38.4 Å². The second-order valence-electron chi connectivity index (χ2n) is 9.73. The lowest BCUT2D eigenvalue weighted by atomic mass is 9.98. The molecular weight excluding hydrogens is 548 g/mol. The molecule has 8 nitrogen and oxygen atoms in total. The van der Waals surface area contributed by atoms with Gasteiger partial charge in [-0.2, -0.15) is 0 Å². The summed E-state index contributed by atoms with van der Waals surface area (Å²) in [5, 5.41) is 11.7. The van der Waals surface area contributed by atoms with Gasteiger partial charge in [0.1, 0.15) is 5.75 Å². The number of methoxy groups -OCH3 is 3. The molecule has 0 spiro atoms. The fourth-order valence-corrected chi connectivity index (χ4v) is 4.31. The molecule has 0 heterocycles. The highest BCUT2D eigenvalue weighted by Gasteiger charge is 2.20. The summed E-state index contributed by atoms with van der Waals surface area (Å²) < 4.78 is 21.4. The number of hydrogen-bond acceptors (Lipinski definition) is 8. The van der Waals surface area contributed by atoms with Gasteiger partial charge in [-0.05, 0) is 82.9 Å². The topological polar surface area (TPSA) is 108 Å². The van der Waals surface area contributed by atoms with Gasteiger partial charge in [0.15, 0.2) is 34.6 Å². The minimum absolute atomic E-state index is 0.00776. The number of ether oxygens (including phenoxy) is 4. The van der Waals surface area contributed by atoms with Crippen LogP contribution in [0.2, 0.25) is 0 Å². The summed E-state index contributed by atoms with van der Waals surface area (Å²) in [5.74, 6) is -0.118. The molecule has 0 radical (unpaired) electrons. The Hall–Kier alpha value is -5.37. The lowest BCUT2D eigenvalue weighted by Gasteiger charge is -2.15. The first kappa shape index (κ1) is 30.6. The molecule has 0 unspecified atom stereocenters. The van der Waals surface area contributed by atoms with Crippen LogP contribution in [0.3, 0.4) is 0 Å². The van der Waals surface area contributed by atoms with E-state index in [1.165, 1.54) is 32.4 Å². The monoisotopic (exact) mass is 580 g/mol. The van der Waals surface area contributed by atoms with Gasteiger partial charge in [-0.3, -0.25) is 14.4 Å². The maximum absolute atomic E-state index is 13.0. The number of phenolic OH excluding ortho intramolecular Hbond substituents is 1. The number of esters is 1. The van der Waals surface area contributed by atoms with Crippen molar-refractivity contribution in [2.75, 3.05) is 21.3 Å². The molecule has 43 heavy (non-hydrogen) atoms. The van der Waals surface area contributed by atoms with Gasteiger partial charge in [-0.1, -0.05) is 48.6 Å². The van der Waals surface area contributed by atoms with Crippen LogP contribution >= 0.6 is 0 Å². The summed E-state index contributed by atoms with van der Waals surface area (Å²) >= 11 is 0. The largest absolute Gasteiger partial charge is 0.504 e. The van der Waals surface area contributed by atoms with Crippen LogP contribution in [0.1, 0.15) is 36.0 Å². The molecule has 0 aliphatic rings. The number of carbonyl (C=O) groups excluding carboxylic acids is 3. The molecule has 4 aromatic carbocycles. The lowest BCUT2D eigenvalue weighted by molar-refractivity contribution is -0.135. The van der Waals surface area contributed by atoms with E-state index in [0.29, 0.717) is 16.9 Å². The highest BCUT2D eigenvalue weighted by Crippen LogP contribution is 2.32. The summed E-state index contributed by atoms with van der Waals surface area (Å²) in [6, 6.07) is 21.1. The number of carbonyl (C=O) groups is 3. The van der Waals surface area contributed by atoms with E-state index in [0.717, 1.165) is 22.1 Å². The van der Waals surface area contributed by atoms with Crippen molar-refractivity contribution in [1.82, 2.24) is 0 Å². The Labute approximate surface area is 249 Å². The molecule has 0 aliphatic heterocycles. The molecule has 0 bridgehead atoms. The molecule has 0 aliphatic carbocycles. The zero-order valence-corrected chi connectivity index (χ0v) is 24.3. The van der Waals surface area contributed by atoms with Crippen LogP contribution in [0.15, 0.2) is 84.9 Å². The third-order valence-electron chi connectivity index (χ3n) is 6.80. The van der Waals surface area contributed by atoms with E-state index in [2.05, 4.69) is 0 Å².